The fourth-order valence-corrected chi connectivity index (χ4v) is 1.67. The molecule has 2 N–H and O–H groups in total. The van der Waals surface area contributed by atoms with Gasteiger partial charge >= 0.3 is 11.9 Å². The summed E-state index contributed by atoms with van der Waals surface area (Å²) in [5.74, 6) is -1.26. The number of rotatable bonds is 6. The highest BCUT2D eigenvalue weighted by molar-refractivity contribution is 5.83. The zero-order valence-corrected chi connectivity index (χ0v) is 9.87. The van der Waals surface area contributed by atoms with E-state index in [2.05, 4.69) is 9.47 Å². The van der Waals surface area contributed by atoms with Gasteiger partial charge in [-0.15, -0.1) is 0 Å². The average molecular weight is 256 g/mol. The van der Waals surface area contributed by atoms with E-state index < -0.39 is 25.5 Å². The smallest absolute Gasteiger partial charge is 0.332 e. The van der Waals surface area contributed by atoms with Gasteiger partial charge in [0, 0.05) is 17.6 Å². The minimum Gasteiger partial charge on any atom is -0.436 e. The first kappa shape index (κ1) is 14.4. The van der Waals surface area contributed by atoms with Crippen LogP contribution >= 0.6 is 0 Å². The van der Waals surface area contributed by atoms with Gasteiger partial charge in [-0.25, -0.2) is 9.59 Å². The Morgan fingerprint density at radius 2 is 1.44 bits per heavy atom. The second-order valence-corrected chi connectivity index (χ2v) is 3.94. The fourth-order valence-electron chi connectivity index (χ4n) is 1.67. The second-order valence-electron chi connectivity index (χ2n) is 3.94. The first-order valence-electron chi connectivity index (χ1n) is 5.55. The molecule has 6 nitrogen and oxygen atoms in total. The van der Waals surface area contributed by atoms with Gasteiger partial charge in [0.1, 0.15) is 0 Å². The molecule has 100 valence electrons. The molecule has 0 radical (unpaired) electrons. The number of ether oxygens (including phenoxy) is 2. The van der Waals surface area contributed by atoms with Crippen LogP contribution in [0, 0.1) is 5.41 Å². The van der Waals surface area contributed by atoms with Crippen molar-refractivity contribution in [2.75, 3.05) is 13.6 Å². The third-order valence-corrected chi connectivity index (χ3v) is 2.80. The maximum Gasteiger partial charge on any atom is 0.332 e. The molecule has 18 heavy (non-hydrogen) atoms. The molecule has 0 aromatic heterocycles. The Morgan fingerprint density at radius 3 is 1.72 bits per heavy atom. The summed E-state index contributed by atoms with van der Waals surface area (Å²) in [6.07, 6.45) is 8.40. The molecule has 0 unspecified atom stereocenters. The van der Waals surface area contributed by atoms with Crippen molar-refractivity contribution in [3.8, 4) is 0 Å². The number of carbonyl (C=O) groups excluding carboxylic acids is 2. The van der Waals surface area contributed by atoms with Crippen LogP contribution in [0.5, 0.6) is 0 Å². The topological polar surface area (TPSA) is 93.1 Å². The standard InChI is InChI=1S/C12H16O6/c13-8-17-10(15)2-6-12(4-1-5-12)7-3-11(16)18-9-14/h2-3,6-7,13-14H,1,4-5,8-9H2. The van der Waals surface area contributed by atoms with Gasteiger partial charge in [0.15, 0.2) is 13.6 Å². The molecule has 1 fully saturated rings. The number of allylic oxidation sites excluding steroid dienone is 2. The molecule has 0 spiro atoms. The zero-order valence-electron chi connectivity index (χ0n) is 9.87. The molecule has 0 heterocycles. The van der Waals surface area contributed by atoms with Crippen molar-refractivity contribution in [2.24, 2.45) is 5.41 Å². The van der Waals surface area contributed by atoms with Gasteiger partial charge in [-0.3, -0.25) is 0 Å². The van der Waals surface area contributed by atoms with Crippen molar-refractivity contribution in [2.45, 2.75) is 19.3 Å². The predicted molar refractivity (Wildman–Crippen MR) is 60.9 cm³/mol. The van der Waals surface area contributed by atoms with Crippen LogP contribution in [0.25, 0.3) is 0 Å². The molecule has 0 bridgehead atoms. The highest BCUT2D eigenvalue weighted by Crippen LogP contribution is 2.43. The van der Waals surface area contributed by atoms with Crippen molar-refractivity contribution in [3.63, 3.8) is 0 Å². The van der Waals surface area contributed by atoms with Gasteiger partial charge in [0.05, 0.1) is 0 Å². The molecule has 1 aliphatic carbocycles. The minimum atomic E-state index is -0.658. The van der Waals surface area contributed by atoms with Crippen molar-refractivity contribution in [3.05, 3.63) is 24.3 Å². The average Bonchev–Trinajstić information content (AvgIpc) is 2.28. The highest BCUT2D eigenvalue weighted by Gasteiger charge is 2.32. The lowest BCUT2D eigenvalue weighted by atomic mass is 9.68. The van der Waals surface area contributed by atoms with Crippen LogP contribution in [-0.4, -0.2) is 35.7 Å². The molecule has 1 aliphatic rings. The monoisotopic (exact) mass is 256 g/mol. The highest BCUT2D eigenvalue weighted by atomic mass is 16.6. The molecule has 0 amide bonds. The molecule has 0 atom stereocenters. The van der Waals surface area contributed by atoms with Gasteiger partial charge in [0.2, 0.25) is 0 Å². The molecule has 0 aliphatic heterocycles. The number of hydrogen-bond acceptors (Lipinski definition) is 6. The Hall–Kier alpha value is -1.66. The van der Waals surface area contributed by atoms with Crippen LogP contribution in [0.4, 0.5) is 0 Å². The summed E-state index contributed by atoms with van der Waals surface area (Å²) in [6, 6.07) is 0. The first-order chi connectivity index (χ1) is 8.62. The van der Waals surface area contributed by atoms with Crippen molar-refractivity contribution in [1.82, 2.24) is 0 Å². The Bertz CT molecular complexity index is 324. The maximum atomic E-state index is 11.1. The van der Waals surface area contributed by atoms with Gasteiger partial charge in [-0.1, -0.05) is 18.6 Å². The zero-order chi connectivity index (χ0) is 13.4. The third-order valence-electron chi connectivity index (χ3n) is 2.80. The van der Waals surface area contributed by atoms with Crippen molar-refractivity contribution >= 4 is 11.9 Å². The molecule has 1 rings (SSSR count). The van der Waals surface area contributed by atoms with Crippen LogP contribution in [0.2, 0.25) is 0 Å². The fraction of sp³-hybridized carbons (Fsp3) is 0.500. The van der Waals surface area contributed by atoms with E-state index >= 15 is 0 Å². The van der Waals surface area contributed by atoms with Gasteiger partial charge in [-0.05, 0) is 12.8 Å². The second kappa shape index (κ2) is 6.93. The quantitative estimate of drug-likeness (QED) is 0.402. The largest absolute Gasteiger partial charge is 0.436 e. The number of hydrogen-bond donors (Lipinski definition) is 2. The number of aliphatic hydroxyl groups is 2. The Kier molecular flexibility index (Phi) is 5.54. The molecule has 0 aromatic rings. The lowest BCUT2D eigenvalue weighted by Crippen LogP contribution is -2.25. The normalized spacial score (nSPS) is 17.7. The molecule has 0 aromatic carbocycles. The summed E-state index contributed by atoms with van der Waals surface area (Å²) in [7, 11) is 0. The minimum absolute atomic E-state index is 0.344. The SMILES string of the molecule is O=C(C=CC1(C=CC(=O)OCO)CCC1)OCO. The van der Waals surface area contributed by atoms with Gasteiger partial charge in [0.25, 0.3) is 0 Å². The van der Waals surface area contributed by atoms with Crippen LogP contribution < -0.4 is 0 Å². The molecule has 6 heteroatoms. The molecular formula is C12H16O6. The van der Waals surface area contributed by atoms with E-state index in [1.54, 1.807) is 12.2 Å². The number of carbonyl (C=O) groups is 2. The summed E-state index contributed by atoms with van der Waals surface area (Å²) in [6.45, 7) is -1.32. The van der Waals surface area contributed by atoms with E-state index in [4.69, 9.17) is 10.2 Å². The van der Waals surface area contributed by atoms with E-state index in [0.717, 1.165) is 19.3 Å². The van der Waals surface area contributed by atoms with E-state index in [-0.39, 0.29) is 5.41 Å². The lowest BCUT2D eigenvalue weighted by molar-refractivity contribution is -0.146. The van der Waals surface area contributed by atoms with Gasteiger partial charge < -0.3 is 19.7 Å². The van der Waals surface area contributed by atoms with Crippen LogP contribution in [0.3, 0.4) is 0 Å². The van der Waals surface area contributed by atoms with Crippen molar-refractivity contribution in [1.29, 1.82) is 0 Å². The van der Waals surface area contributed by atoms with E-state index in [0.29, 0.717) is 0 Å². The van der Waals surface area contributed by atoms with E-state index in [1.165, 1.54) is 12.2 Å². The predicted octanol–water partition coefficient (Wildman–Crippen LogP) is 0.255. The van der Waals surface area contributed by atoms with Gasteiger partial charge in [-0.2, -0.15) is 0 Å². The number of aliphatic hydroxyl groups excluding tert-OH is 2. The Labute approximate surface area is 105 Å². The van der Waals surface area contributed by atoms with Crippen molar-refractivity contribution < 1.29 is 29.3 Å². The van der Waals surface area contributed by atoms with Crippen LogP contribution in [0.15, 0.2) is 24.3 Å². The first-order valence-corrected chi connectivity index (χ1v) is 5.55. The van der Waals surface area contributed by atoms with E-state index in [9.17, 15) is 9.59 Å². The van der Waals surface area contributed by atoms with E-state index in [1.807, 2.05) is 0 Å². The van der Waals surface area contributed by atoms with Crippen LogP contribution in [0.1, 0.15) is 19.3 Å². The summed E-state index contributed by atoms with van der Waals surface area (Å²) in [5, 5.41) is 16.8. The number of esters is 2. The summed E-state index contributed by atoms with van der Waals surface area (Å²) in [5.41, 5.74) is -0.344. The summed E-state index contributed by atoms with van der Waals surface area (Å²) in [4.78, 5) is 22.1. The Balaban J connectivity index is 2.57. The third kappa shape index (κ3) is 4.31. The summed E-state index contributed by atoms with van der Waals surface area (Å²) >= 11 is 0. The lowest BCUT2D eigenvalue weighted by Gasteiger charge is -2.36. The molecule has 0 saturated heterocycles. The molecular weight excluding hydrogens is 240 g/mol. The summed E-state index contributed by atoms with van der Waals surface area (Å²) < 4.78 is 8.70. The Morgan fingerprint density at radius 1 is 1.00 bits per heavy atom. The maximum absolute atomic E-state index is 11.1. The molecule has 1 saturated carbocycles. The van der Waals surface area contributed by atoms with Crippen LogP contribution in [-0.2, 0) is 19.1 Å².